The van der Waals surface area contributed by atoms with E-state index in [1.54, 1.807) is 14.2 Å². The molecule has 2 N–H and O–H groups in total. The monoisotopic (exact) mass is 385 g/mol. The minimum absolute atomic E-state index is 0.119. The molecule has 0 spiro atoms. The van der Waals surface area contributed by atoms with E-state index in [1.165, 1.54) is 22.8 Å². The molecule has 0 bridgehead atoms. The Bertz CT molecular complexity index is 1030. The number of fused-ring (bicyclic) bond motifs is 1. The Kier molecular flexibility index (Phi) is 5.67. The van der Waals surface area contributed by atoms with Gasteiger partial charge in [-0.2, -0.15) is 0 Å². The SMILES string of the molecule is CNSc1ccc(OC)c(-c2cc3ncn(C)c(=O)c3c(NC(C)C)n2)c1. The molecule has 3 rings (SSSR count). The summed E-state index contributed by atoms with van der Waals surface area (Å²) in [7, 11) is 5.18. The van der Waals surface area contributed by atoms with E-state index >= 15 is 0 Å². The Morgan fingerprint density at radius 2 is 2.04 bits per heavy atom. The highest BCUT2D eigenvalue weighted by atomic mass is 32.2. The zero-order chi connectivity index (χ0) is 19.6. The van der Waals surface area contributed by atoms with Gasteiger partial charge in [-0.25, -0.2) is 9.97 Å². The molecule has 142 valence electrons. The van der Waals surface area contributed by atoms with Gasteiger partial charge in [-0.05, 0) is 57.1 Å². The molecule has 0 atom stereocenters. The lowest BCUT2D eigenvalue weighted by Crippen LogP contribution is -2.21. The van der Waals surface area contributed by atoms with E-state index in [-0.39, 0.29) is 11.6 Å². The quantitative estimate of drug-likeness (QED) is 0.631. The molecule has 0 fully saturated rings. The zero-order valence-electron chi connectivity index (χ0n) is 16.0. The highest BCUT2D eigenvalue weighted by Gasteiger charge is 2.16. The summed E-state index contributed by atoms with van der Waals surface area (Å²) in [5, 5.41) is 3.76. The molecule has 3 aromatic rings. The van der Waals surface area contributed by atoms with E-state index in [2.05, 4.69) is 15.0 Å². The lowest BCUT2D eigenvalue weighted by Gasteiger charge is -2.15. The van der Waals surface area contributed by atoms with Gasteiger partial charge >= 0.3 is 0 Å². The molecule has 0 unspecified atom stereocenters. The second kappa shape index (κ2) is 7.98. The molecule has 0 saturated carbocycles. The van der Waals surface area contributed by atoms with Crippen molar-refractivity contribution in [2.24, 2.45) is 7.05 Å². The third kappa shape index (κ3) is 3.91. The van der Waals surface area contributed by atoms with E-state index in [0.29, 0.717) is 28.2 Å². The number of aryl methyl sites for hydroxylation is 1. The van der Waals surface area contributed by atoms with Crippen molar-refractivity contribution in [3.63, 3.8) is 0 Å². The van der Waals surface area contributed by atoms with Crippen LogP contribution in [-0.2, 0) is 7.05 Å². The average molecular weight is 385 g/mol. The van der Waals surface area contributed by atoms with Gasteiger partial charge in [-0.1, -0.05) is 0 Å². The molecule has 8 heteroatoms. The molecule has 27 heavy (non-hydrogen) atoms. The molecule has 0 saturated heterocycles. The second-order valence-corrected chi connectivity index (χ2v) is 7.46. The number of rotatable bonds is 6. The number of methoxy groups -OCH3 is 1. The highest BCUT2D eigenvalue weighted by molar-refractivity contribution is 7.97. The van der Waals surface area contributed by atoms with E-state index in [4.69, 9.17) is 9.72 Å². The standard InChI is InChI=1S/C19H23N5O2S/c1-11(2)22-18-17-15(21-10-24(4)19(17)25)9-14(23-18)13-8-12(27-20-3)6-7-16(13)26-5/h6-11,20H,1-5H3,(H,22,23). The molecule has 0 radical (unpaired) electrons. The van der Waals surface area contributed by atoms with Gasteiger partial charge in [0.2, 0.25) is 0 Å². The highest BCUT2D eigenvalue weighted by Crippen LogP contribution is 2.34. The number of nitrogens with one attached hydrogen (secondary N) is 2. The predicted molar refractivity (Wildman–Crippen MR) is 110 cm³/mol. The van der Waals surface area contributed by atoms with Crippen LogP contribution in [0, 0.1) is 0 Å². The molecule has 0 aliphatic carbocycles. The molecule has 2 heterocycles. The first-order chi connectivity index (χ1) is 12.9. The normalized spacial score (nSPS) is 11.2. The summed E-state index contributed by atoms with van der Waals surface area (Å²) >= 11 is 1.51. The molecule has 0 aliphatic rings. The van der Waals surface area contributed by atoms with Gasteiger partial charge < -0.3 is 14.6 Å². The summed E-state index contributed by atoms with van der Waals surface area (Å²) in [5.41, 5.74) is 2.00. The largest absolute Gasteiger partial charge is 0.496 e. The number of ether oxygens (including phenoxy) is 1. The summed E-state index contributed by atoms with van der Waals surface area (Å²) in [4.78, 5) is 22.9. The fraction of sp³-hybridized carbons (Fsp3) is 0.316. The van der Waals surface area contributed by atoms with Crippen molar-refractivity contribution in [3.05, 3.63) is 40.9 Å². The minimum Gasteiger partial charge on any atom is -0.496 e. The van der Waals surface area contributed by atoms with E-state index < -0.39 is 0 Å². The average Bonchev–Trinajstić information content (AvgIpc) is 2.64. The van der Waals surface area contributed by atoms with E-state index in [9.17, 15) is 4.79 Å². The van der Waals surface area contributed by atoms with Crippen LogP contribution in [0.4, 0.5) is 5.82 Å². The summed E-state index contributed by atoms with van der Waals surface area (Å²) in [6.45, 7) is 4.01. The molecule has 0 amide bonds. The van der Waals surface area contributed by atoms with Gasteiger partial charge in [-0.15, -0.1) is 0 Å². The van der Waals surface area contributed by atoms with Gasteiger partial charge in [-0.3, -0.25) is 9.52 Å². The second-order valence-electron chi connectivity index (χ2n) is 6.38. The van der Waals surface area contributed by atoms with Crippen molar-refractivity contribution in [1.82, 2.24) is 19.3 Å². The molecular weight excluding hydrogens is 362 g/mol. The number of nitrogens with zero attached hydrogens (tertiary/aromatic N) is 3. The number of hydrogen-bond acceptors (Lipinski definition) is 7. The minimum atomic E-state index is -0.131. The summed E-state index contributed by atoms with van der Waals surface area (Å²) in [6.07, 6.45) is 1.53. The van der Waals surface area contributed by atoms with Crippen molar-refractivity contribution in [2.75, 3.05) is 19.5 Å². The van der Waals surface area contributed by atoms with Gasteiger partial charge in [0, 0.05) is 23.5 Å². The Hall–Kier alpha value is -2.58. The van der Waals surface area contributed by atoms with Crippen LogP contribution in [0.25, 0.3) is 22.2 Å². The van der Waals surface area contributed by atoms with Crippen LogP contribution in [0.15, 0.2) is 40.3 Å². The third-order valence-electron chi connectivity index (χ3n) is 4.00. The maximum absolute atomic E-state index is 12.6. The number of hydrogen-bond donors (Lipinski definition) is 2. The van der Waals surface area contributed by atoms with Gasteiger partial charge in [0.15, 0.2) is 0 Å². The van der Waals surface area contributed by atoms with Crippen LogP contribution in [0.5, 0.6) is 5.75 Å². The predicted octanol–water partition coefficient (Wildman–Crippen LogP) is 3.05. The first kappa shape index (κ1) is 19.2. The Morgan fingerprint density at radius 3 is 2.70 bits per heavy atom. The summed E-state index contributed by atoms with van der Waals surface area (Å²) in [6, 6.07) is 7.84. The fourth-order valence-electron chi connectivity index (χ4n) is 2.81. The van der Waals surface area contributed by atoms with Crippen molar-refractivity contribution in [3.8, 4) is 17.0 Å². The Balaban J connectivity index is 2.28. The Morgan fingerprint density at radius 1 is 1.26 bits per heavy atom. The fourth-order valence-corrected chi connectivity index (χ4v) is 3.35. The topological polar surface area (TPSA) is 81.1 Å². The number of pyridine rings is 1. The summed E-state index contributed by atoms with van der Waals surface area (Å²) in [5.74, 6) is 1.24. The van der Waals surface area contributed by atoms with Gasteiger partial charge in [0.05, 0.1) is 24.6 Å². The molecule has 0 aliphatic heterocycles. The third-order valence-corrected chi connectivity index (χ3v) is 4.69. The maximum Gasteiger partial charge on any atom is 0.264 e. The van der Waals surface area contributed by atoms with Crippen molar-refractivity contribution in [1.29, 1.82) is 0 Å². The van der Waals surface area contributed by atoms with Crippen molar-refractivity contribution >= 4 is 28.7 Å². The Labute approximate surface area is 162 Å². The van der Waals surface area contributed by atoms with Gasteiger partial charge in [0.1, 0.15) is 17.0 Å². The van der Waals surface area contributed by atoms with Crippen LogP contribution in [0.3, 0.4) is 0 Å². The number of benzene rings is 1. The molecule has 7 nitrogen and oxygen atoms in total. The van der Waals surface area contributed by atoms with Crippen molar-refractivity contribution < 1.29 is 4.74 Å². The van der Waals surface area contributed by atoms with Crippen LogP contribution in [0.1, 0.15) is 13.8 Å². The van der Waals surface area contributed by atoms with Crippen LogP contribution >= 0.6 is 11.9 Å². The van der Waals surface area contributed by atoms with Crippen LogP contribution < -0.4 is 20.3 Å². The first-order valence-electron chi connectivity index (χ1n) is 8.59. The van der Waals surface area contributed by atoms with Gasteiger partial charge in [0.25, 0.3) is 5.56 Å². The van der Waals surface area contributed by atoms with Crippen LogP contribution in [0.2, 0.25) is 0 Å². The molecule has 2 aromatic heterocycles. The lowest BCUT2D eigenvalue weighted by atomic mass is 10.1. The van der Waals surface area contributed by atoms with E-state index in [1.807, 2.05) is 45.2 Å². The smallest absolute Gasteiger partial charge is 0.264 e. The first-order valence-corrected chi connectivity index (χ1v) is 9.41. The lowest BCUT2D eigenvalue weighted by molar-refractivity contribution is 0.416. The maximum atomic E-state index is 12.6. The number of aromatic nitrogens is 3. The van der Waals surface area contributed by atoms with E-state index in [0.717, 1.165) is 10.5 Å². The zero-order valence-corrected chi connectivity index (χ0v) is 16.8. The summed E-state index contributed by atoms with van der Waals surface area (Å²) < 4.78 is 10.1. The molecular formula is C19H23N5O2S. The number of anilines is 1. The van der Waals surface area contributed by atoms with Crippen molar-refractivity contribution in [2.45, 2.75) is 24.8 Å². The molecule has 1 aromatic carbocycles. The van der Waals surface area contributed by atoms with Crippen LogP contribution in [-0.4, -0.2) is 34.7 Å².